The van der Waals surface area contributed by atoms with Crippen molar-refractivity contribution in [2.24, 2.45) is 0 Å². The third-order valence-electron chi connectivity index (χ3n) is 3.26. The summed E-state index contributed by atoms with van der Waals surface area (Å²) in [5.74, 6) is -0.566. The normalized spacial score (nSPS) is 13.8. The average molecular weight is 288 g/mol. The summed E-state index contributed by atoms with van der Waals surface area (Å²) in [5, 5.41) is 0. The van der Waals surface area contributed by atoms with Gasteiger partial charge in [0.05, 0.1) is 10.6 Å². The van der Waals surface area contributed by atoms with Crippen LogP contribution in [-0.2, 0) is 10.0 Å². The molecule has 108 valence electrons. The minimum absolute atomic E-state index is 0.0364. The topological polar surface area (TPSA) is 63.4 Å². The van der Waals surface area contributed by atoms with E-state index in [1.165, 1.54) is 30.4 Å². The summed E-state index contributed by atoms with van der Waals surface area (Å²) < 4.78 is 39.6. The van der Waals surface area contributed by atoms with Crippen LogP contribution in [-0.4, -0.2) is 25.8 Å². The molecule has 2 N–H and O–H groups in total. The van der Waals surface area contributed by atoms with Crippen molar-refractivity contribution in [1.29, 1.82) is 0 Å². The molecule has 19 heavy (non-hydrogen) atoms. The molecule has 1 unspecified atom stereocenters. The van der Waals surface area contributed by atoms with Gasteiger partial charge in [-0.1, -0.05) is 13.3 Å². The first-order chi connectivity index (χ1) is 8.71. The van der Waals surface area contributed by atoms with E-state index in [9.17, 15) is 12.8 Å². The lowest BCUT2D eigenvalue weighted by atomic mass is 10.2. The van der Waals surface area contributed by atoms with Crippen molar-refractivity contribution in [3.63, 3.8) is 0 Å². The van der Waals surface area contributed by atoms with Crippen molar-refractivity contribution < 1.29 is 12.8 Å². The number of nitrogen functional groups attached to an aromatic ring is 1. The van der Waals surface area contributed by atoms with Crippen LogP contribution >= 0.6 is 0 Å². The highest BCUT2D eigenvalue weighted by Gasteiger charge is 2.26. The van der Waals surface area contributed by atoms with Gasteiger partial charge in [-0.15, -0.1) is 0 Å². The maximum absolute atomic E-state index is 13.4. The highest BCUT2D eigenvalue weighted by molar-refractivity contribution is 7.89. The molecular weight excluding hydrogens is 267 g/mol. The molecule has 1 aromatic rings. The molecule has 0 aliphatic carbocycles. The lowest BCUT2D eigenvalue weighted by Crippen LogP contribution is -2.35. The third kappa shape index (κ3) is 3.25. The number of hydrogen-bond acceptors (Lipinski definition) is 3. The van der Waals surface area contributed by atoms with Gasteiger partial charge < -0.3 is 5.73 Å². The minimum atomic E-state index is -3.64. The Bertz CT molecular complexity index is 535. The number of nitrogens with zero attached hydrogens (tertiary/aromatic N) is 1. The SMILES string of the molecule is CCCC(C)N(C)S(=O)(=O)c1cc(C)c(F)c(N)c1. The van der Waals surface area contributed by atoms with Crippen molar-refractivity contribution >= 4 is 15.7 Å². The molecule has 0 aliphatic heterocycles. The van der Waals surface area contributed by atoms with Gasteiger partial charge in [0, 0.05) is 13.1 Å². The second-order valence-corrected chi connectivity index (χ2v) is 6.80. The lowest BCUT2D eigenvalue weighted by molar-refractivity contribution is 0.368. The Kier molecular flexibility index (Phi) is 4.92. The molecule has 0 heterocycles. The van der Waals surface area contributed by atoms with Crippen molar-refractivity contribution in [2.75, 3.05) is 12.8 Å². The van der Waals surface area contributed by atoms with Crippen molar-refractivity contribution in [2.45, 2.75) is 44.6 Å². The van der Waals surface area contributed by atoms with Gasteiger partial charge in [-0.3, -0.25) is 0 Å². The predicted molar refractivity (Wildman–Crippen MR) is 74.9 cm³/mol. The van der Waals surface area contributed by atoms with E-state index in [1.807, 2.05) is 13.8 Å². The fourth-order valence-electron chi connectivity index (χ4n) is 1.91. The van der Waals surface area contributed by atoms with E-state index in [0.29, 0.717) is 0 Å². The average Bonchev–Trinajstić information content (AvgIpc) is 2.34. The van der Waals surface area contributed by atoms with Crippen molar-refractivity contribution in [3.05, 3.63) is 23.5 Å². The molecule has 0 bridgehead atoms. The quantitative estimate of drug-likeness (QED) is 0.847. The fraction of sp³-hybridized carbons (Fsp3) is 0.538. The van der Waals surface area contributed by atoms with E-state index in [-0.39, 0.29) is 22.2 Å². The van der Waals surface area contributed by atoms with Gasteiger partial charge in [0.25, 0.3) is 0 Å². The van der Waals surface area contributed by atoms with E-state index in [2.05, 4.69) is 0 Å². The first-order valence-electron chi connectivity index (χ1n) is 6.25. The second-order valence-electron chi connectivity index (χ2n) is 4.80. The van der Waals surface area contributed by atoms with Gasteiger partial charge in [-0.2, -0.15) is 4.31 Å². The maximum Gasteiger partial charge on any atom is 0.243 e. The highest BCUT2D eigenvalue weighted by atomic mass is 32.2. The fourth-order valence-corrected chi connectivity index (χ4v) is 3.43. The standard InChI is InChI=1S/C13H21FN2O2S/c1-5-6-10(3)16(4)19(17,18)11-7-9(2)13(14)12(15)8-11/h7-8,10H,5-6,15H2,1-4H3. The summed E-state index contributed by atoms with van der Waals surface area (Å²) in [6, 6.07) is 2.38. The number of halogens is 1. The summed E-state index contributed by atoms with van der Waals surface area (Å²) in [5.41, 5.74) is 5.58. The summed E-state index contributed by atoms with van der Waals surface area (Å²) in [7, 11) is -2.10. The van der Waals surface area contributed by atoms with E-state index in [0.717, 1.165) is 12.8 Å². The van der Waals surface area contributed by atoms with Gasteiger partial charge in [-0.05, 0) is 38.0 Å². The molecule has 0 aliphatic rings. The monoisotopic (exact) mass is 288 g/mol. The molecule has 1 aromatic carbocycles. The number of sulfonamides is 1. The molecule has 0 saturated heterocycles. The molecule has 0 amide bonds. The van der Waals surface area contributed by atoms with Crippen LogP contribution in [0.3, 0.4) is 0 Å². The number of hydrogen-bond donors (Lipinski definition) is 1. The van der Waals surface area contributed by atoms with E-state index in [4.69, 9.17) is 5.73 Å². The number of nitrogens with two attached hydrogens (primary N) is 1. The van der Waals surface area contributed by atoms with E-state index < -0.39 is 15.8 Å². The molecule has 0 radical (unpaired) electrons. The first-order valence-corrected chi connectivity index (χ1v) is 7.69. The van der Waals surface area contributed by atoms with Crippen molar-refractivity contribution in [1.82, 2.24) is 4.31 Å². The van der Waals surface area contributed by atoms with Gasteiger partial charge in [-0.25, -0.2) is 12.8 Å². The van der Waals surface area contributed by atoms with Gasteiger partial charge in [0.1, 0.15) is 5.82 Å². The lowest BCUT2D eigenvalue weighted by Gasteiger charge is -2.24. The number of benzene rings is 1. The zero-order chi connectivity index (χ0) is 14.8. The molecule has 4 nitrogen and oxygen atoms in total. The Labute approximate surface area is 114 Å². The van der Waals surface area contributed by atoms with Crippen LogP contribution in [0, 0.1) is 12.7 Å². The minimum Gasteiger partial charge on any atom is -0.396 e. The van der Waals surface area contributed by atoms with Crippen LogP contribution in [0.4, 0.5) is 10.1 Å². The summed E-state index contributed by atoms with van der Waals surface area (Å²) in [6.45, 7) is 5.35. The van der Waals surface area contributed by atoms with Gasteiger partial charge >= 0.3 is 0 Å². The van der Waals surface area contributed by atoms with Crippen LogP contribution in [0.1, 0.15) is 32.3 Å². The molecule has 0 saturated carbocycles. The van der Waals surface area contributed by atoms with E-state index >= 15 is 0 Å². The zero-order valence-electron chi connectivity index (χ0n) is 11.8. The Morgan fingerprint density at radius 2 is 2.00 bits per heavy atom. The Balaban J connectivity index is 3.21. The van der Waals surface area contributed by atoms with Gasteiger partial charge in [0.2, 0.25) is 10.0 Å². The molecular formula is C13H21FN2O2S. The molecule has 0 fully saturated rings. The molecule has 6 heteroatoms. The smallest absolute Gasteiger partial charge is 0.243 e. The van der Waals surface area contributed by atoms with Crippen LogP contribution in [0.15, 0.2) is 17.0 Å². The number of rotatable bonds is 5. The Morgan fingerprint density at radius 3 is 2.47 bits per heavy atom. The summed E-state index contributed by atoms with van der Waals surface area (Å²) in [4.78, 5) is 0.0364. The van der Waals surface area contributed by atoms with Crippen LogP contribution in [0.5, 0.6) is 0 Å². The van der Waals surface area contributed by atoms with Crippen LogP contribution in [0.2, 0.25) is 0 Å². The molecule has 1 atom stereocenters. The summed E-state index contributed by atoms with van der Waals surface area (Å²) >= 11 is 0. The Hall–Kier alpha value is -1.14. The van der Waals surface area contributed by atoms with E-state index in [1.54, 1.807) is 0 Å². The zero-order valence-corrected chi connectivity index (χ0v) is 12.6. The van der Waals surface area contributed by atoms with Gasteiger partial charge in [0.15, 0.2) is 0 Å². The highest BCUT2D eigenvalue weighted by Crippen LogP contribution is 2.24. The molecule has 0 aromatic heterocycles. The Morgan fingerprint density at radius 1 is 1.42 bits per heavy atom. The van der Waals surface area contributed by atoms with Crippen LogP contribution in [0.25, 0.3) is 0 Å². The molecule has 0 spiro atoms. The maximum atomic E-state index is 13.4. The largest absolute Gasteiger partial charge is 0.396 e. The number of aryl methyl sites for hydroxylation is 1. The molecule has 1 rings (SSSR count). The van der Waals surface area contributed by atoms with Crippen LogP contribution < -0.4 is 5.73 Å². The predicted octanol–water partition coefficient (Wildman–Crippen LogP) is 2.53. The number of anilines is 1. The summed E-state index contributed by atoms with van der Waals surface area (Å²) in [6.07, 6.45) is 1.66. The first kappa shape index (κ1) is 15.9. The second kappa shape index (κ2) is 5.88. The van der Waals surface area contributed by atoms with Crippen molar-refractivity contribution in [3.8, 4) is 0 Å². The third-order valence-corrected chi connectivity index (χ3v) is 5.21.